The maximum absolute atomic E-state index is 13.8. The van der Waals surface area contributed by atoms with Crippen LogP contribution in [0, 0.1) is 11.6 Å². The van der Waals surface area contributed by atoms with Crippen LogP contribution in [0.3, 0.4) is 0 Å². The molecule has 8 heteroatoms. The summed E-state index contributed by atoms with van der Waals surface area (Å²) >= 11 is 2.85. The summed E-state index contributed by atoms with van der Waals surface area (Å²) in [6.45, 7) is 2.37. The molecule has 2 aromatic heterocycles. The molecule has 0 unspecified atom stereocenters. The first-order valence-corrected chi connectivity index (χ1v) is 9.81. The monoisotopic (exact) mass is 391 g/mol. The molecule has 1 aliphatic heterocycles. The minimum absolute atomic E-state index is 0.0181. The number of hydrogen-bond acceptors (Lipinski definition) is 5. The summed E-state index contributed by atoms with van der Waals surface area (Å²) in [6.07, 6.45) is 3.42. The first-order valence-electron chi connectivity index (χ1n) is 8.11. The highest BCUT2D eigenvalue weighted by molar-refractivity contribution is 7.22. The first-order chi connectivity index (χ1) is 12.6. The number of carbonyl (C=O) groups is 1. The Hall–Kier alpha value is -2.32. The molecule has 0 radical (unpaired) electrons. The Labute approximate surface area is 157 Å². The number of carbonyl (C=O) groups excluding carboxylic acids is 1. The molecule has 1 fully saturated rings. The second kappa shape index (κ2) is 7.13. The Morgan fingerprint density at radius 1 is 1.19 bits per heavy atom. The number of thiophene rings is 1. The topological polar surface area (TPSA) is 36.4 Å². The van der Waals surface area contributed by atoms with E-state index in [1.807, 2.05) is 28.5 Å². The van der Waals surface area contributed by atoms with Gasteiger partial charge < -0.3 is 9.80 Å². The Kier molecular flexibility index (Phi) is 4.69. The predicted octanol–water partition coefficient (Wildman–Crippen LogP) is 4.00. The lowest BCUT2D eigenvalue weighted by Crippen LogP contribution is -2.48. The summed E-state index contributed by atoms with van der Waals surface area (Å²) in [4.78, 5) is 21.4. The highest BCUT2D eigenvalue weighted by atomic mass is 32.1. The van der Waals surface area contributed by atoms with Crippen LogP contribution in [0.5, 0.6) is 0 Å². The lowest BCUT2D eigenvalue weighted by Gasteiger charge is -2.34. The second-order valence-electron chi connectivity index (χ2n) is 5.89. The van der Waals surface area contributed by atoms with Gasteiger partial charge in [0.25, 0.3) is 0 Å². The van der Waals surface area contributed by atoms with Gasteiger partial charge >= 0.3 is 0 Å². The maximum Gasteiger partial charge on any atom is 0.246 e. The summed E-state index contributed by atoms with van der Waals surface area (Å²) in [5.41, 5.74) is 0.198. The molecule has 1 aliphatic rings. The van der Waals surface area contributed by atoms with Crippen LogP contribution in [0.2, 0.25) is 0 Å². The van der Waals surface area contributed by atoms with Crippen LogP contribution in [0.25, 0.3) is 16.3 Å². The van der Waals surface area contributed by atoms with Gasteiger partial charge in [-0.3, -0.25) is 4.79 Å². The highest BCUT2D eigenvalue weighted by Gasteiger charge is 2.22. The number of hydrogen-bond donors (Lipinski definition) is 0. The van der Waals surface area contributed by atoms with Crippen LogP contribution in [-0.2, 0) is 4.79 Å². The lowest BCUT2D eigenvalue weighted by molar-refractivity contribution is -0.126. The van der Waals surface area contributed by atoms with Gasteiger partial charge in [0.05, 0.1) is 4.70 Å². The molecule has 3 heterocycles. The van der Waals surface area contributed by atoms with Gasteiger partial charge in [-0.2, -0.15) is 0 Å². The van der Waals surface area contributed by atoms with E-state index < -0.39 is 11.6 Å². The third-order valence-electron chi connectivity index (χ3n) is 4.20. The van der Waals surface area contributed by atoms with E-state index in [2.05, 4.69) is 4.98 Å². The molecule has 0 N–H and O–H groups in total. The number of halogens is 2. The van der Waals surface area contributed by atoms with Crippen LogP contribution in [0.1, 0.15) is 4.88 Å². The smallest absolute Gasteiger partial charge is 0.246 e. The maximum atomic E-state index is 13.8. The van der Waals surface area contributed by atoms with E-state index in [4.69, 9.17) is 0 Å². The standard InChI is InChI=1S/C18H15F2N3OS2/c19-12-10-14(20)17-15(11-12)26-18(21-17)23-7-5-22(6-8-23)16(24)4-3-13-2-1-9-25-13/h1-4,9-11H,5-8H2. The van der Waals surface area contributed by atoms with Crippen molar-refractivity contribution in [1.29, 1.82) is 0 Å². The second-order valence-corrected chi connectivity index (χ2v) is 7.88. The zero-order valence-electron chi connectivity index (χ0n) is 13.7. The molecule has 4 nitrogen and oxygen atoms in total. The quantitative estimate of drug-likeness (QED) is 0.634. The molecule has 26 heavy (non-hydrogen) atoms. The number of nitrogens with zero attached hydrogens (tertiary/aromatic N) is 3. The van der Waals surface area contributed by atoms with Crippen LogP contribution >= 0.6 is 22.7 Å². The number of aromatic nitrogens is 1. The van der Waals surface area contributed by atoms with E-state index in [0.29, 0.717) is 36.0 Å². The van der Waals surface area contributed by atoms with Crippen molar-refractivity contribution in [2.24, 2.45) is 0 Å². The molecule has 0 saturated carbocycles. The molecule has 0 aliphatic carbocycles. The van der Waals surface area contributed by atoms with Crippen LogP contribution < -0.4 is 4.90 Å². The zero-order chi connectivity index (χ0) is 18.1. The summed E-state index contributed by atoms with van der Waals surface area (Å²) < 4.78 is 27.7. The average Bonchev–Trinajstić information content (AvgIpc) is 3.29. The minimum Gasteiger partial charge on any atom is -0.345 e. The third kappa shape index (κ3) is 3.47. The molecule has 1 aromatic carbocycles. The van der Waals surface area contributed by atoms with E-state index in [9.17, 15) is 13.6 Å². The first kappa shape index (κ1) is 17.1. The number of benzene rings is 1. The Balaban J connectivity index is 1.42. The van der Waals surface area contributed by atoms with E-state index in [-0.39, 0.29) is 11.4 Å². The van der Waals surface area contributed by atoms with Crippen LogP contribution in [0.4, 0.5) is 13.9 Å². The van der Waals surface area contributed by atoms with Crippen LogP contribution in [-0.4, -0.2) is 42.0 Å². The van der Waals surface area contributed by atoms with Gasteiger partial charge in [0, 0.05) is 43.2 Å². The van der Waals surface area contributed by atoms with Crippen molar-refractivity contribution >= 4 is 50.0 Å². The molecule has 1 saturated heterocycles. The van der Waals surface area contributed by atoms with E-state index in [1.165, 1.54) is 17.4 Å². The van der Waals surface area contributed by atoms with Crippen molar-refractivity contribution in [1.82, 2.24) is 9.88 Å². The molecular weight excluding hydrogens is 376 g/mol. The molecule has 0 spiro atoms. The van der Waals surface area contributed by atoms with E-state index in [1.54, 1.807) is 22.3 Å². The van der Waals surface area contributed by atoms with Crippen molar-refractivity contribution in [2.45, 2.75) is 0 Å². The number of rotatable bonds is 3. The fourth-order valence-electron chi connectivity index (χ4n) is 2.84. The van der Waals surface area contributed by atoms with Crippen LogP contribution in [0.15, 0.2) is 35.7 Å². The van der Waals surface area contributed by atoms with Gasteiger partial charge in [-0.25, -0.2) is 13.8 Å². The van der Waals surface area contributed by atoms with Gasteiger partial charge in [-0.05, 0) is 23.6 Å². The Morgan fingerprint density at radius 2 is 2.00 bits per heavy atom. The molecule has 134 valence electrons. The fourth-order valence-corrected chi connectivity index (χ4v) is 4.52. The highest BCUT2D eigenvalue weighted by Crippen LogP contribution is 2.31. The number of amides is 1. The number of piperazine rings is 1. The van der Waals surface area contributed by atoms with E-state index in [0.717, 1.165) is 10.9 Å². The summed E-state index contributed by atoms with van der Waals surface area (Å²) in [6, 6.07) is 6.05. The molecule has 4 rings (SSSR count). The third-order valence-corrected chi connectivity index (χ3v) is 6.10. The fraction of sp³-hybridized carbons (Fsp3) is 0.222. The predicted molar refractivity (Wildman–Crippen MR) is 102 cm³/mol. The van der Waals surface area contributed by atoms with Crippen molar-refractivity contribution in [3.8, 4) is 0 Å². The van der Waals surface area contributed by atoms with Gasteiger partial charge in [0.1, 0.15) is 11.3 Å². The van der Waals surface area contributed by atoms with Crippen molar-refractivity contribution < 1.29 is 13.6 Å². The summed E-state index contributed by atoms with van der Waals surface area (Å²) in [5, 5.41) is 2.63. The number of fused-ring (bicyclic) bond motifs is 1. The van der Waals surface area contributed by atoms with Gasteiger partial charge in [-0.1, -0.05) is 17.4 Å². The van der Waals surface area contributed by atoms with Gasteiger partial charge in [0.15, 0.2) is 10.9 Å². The van der Waals surface area contributed by atoms with Gasteiger partial charge in [0.2, 0.25) is 5.91 Å². The molecular formula is C18H15F2N3OS2. The minimum atomic E-state index is -0.643. The summed E-state index contributed by atoms with van der Waals surface area (Å²) in [7, 11) is 0. The SMILES string of the molecule is O=C(C=Cc1cccs1)N1CCN(c2nc3c(F)cc(F)cc3s2)CC1. The largest absolute Gasteiger partial charge is 0.345 e. The Morgan fingerprint density at radius 3 is 2.73 bits per heavy atom. The van der Waals surface area contributed by atoms with E-state index >= 15 is 0 Å². The molecule has 0 bridgehead atoms. The Bertz CT molecular complexity index is 960. The number of anilines is 1. The molecule has 1 amide bonds. The average molecular weight is 391 g/mol. The number of thiazole rings is 1. The van der Waals surface area contributed by atoms with Crippen molar-refractivity contribution in [3.05, 3.63) is 52.2 Å². The van der Waals surface area contributed by atoms with Crippen molar-refractivity contribution in [2.75, 3.05) is 31.1 Å². The molecule has 0 atom stereocenters. The van der Waals surface area contributed by atoms with Gasteiger partial charge in [-0.15, -0.1) is 11.3 Å². The summed E-state index contributed by atoms with van der Waals surface area (Å²) in [5.74, 6) is -1.26. The zero-order valence-corrected chi connectivity index (χ0v) is 15.3. The normalized spacial score (nSPS) is 15.3. The van der Waals surface area contributed by atoms with Crippen molar-refractivity contribution in [3.63, 3.8) is 0 Å². The lowest BCUT2D eigenvalue weighted by atomic mass is 10.3. The molecule has 3 aromatic rings.